The summed E-state index contributed by atoms with van der Waals surface area (Å²) in [6.07, 6.45) is 2.85. The van der Waals surface area contributed by atoms with E-state index in [9.17, 15) is 0 Å². The smallest absolute Gasteiger partial charge is 0.0572 e. The van der Waals surface area contributed by atoms with E-state index >= 15 is 0 Å². The second-order valence-corrected chi connectivity index (χ2v) is 5.66. The Balaban J connectivity index is 2.18. The van der Waals surface area contributed by atoms with Gasteiger partial charge in [0.15, 0.2) is 0 Å². The zero-order valence-electron chi connectivity index (χ0n) is 13.2. The van der Waals surface area contributed by atoms with Crippen LogP contribution in [0.2, 0.25) is 0 Å². The van der Waals surface area contributed by atoms with E-state index in [1.165, 1.54) is 5.56 Å². The number of hydrogen-bond donors (Lipinski definition) is 1. The minimum Gasteiger partial charge on any atom is -0.364 e. The predicted octanol–water partition coefficient (Wildman–Crippen LogP) is 3.91. The quantitative estimate of drug-likeness (QED) is 0.874. The predicted molar refractivity (Wildman–Crippen MR) is 89.2 cm³/mol. The summed E-state index contributed by atoms with van der Waals surface area (Å²) in [7, 11) is 0. The summed E-state index contributed by atoms with van der Waals surface area (Å²) in [5, 5.41) is 0. The normalized spacial score (nSPS) is 12.4. The Morgan fingerprint density at radius 3 is 2.33 bits per heavy atom. The molecule has 2 rings (SSSR count). The van der Waals surface area contributed by atoms with Crippen LogP contribution < -0.4 is 10.6 Å². The lowest BCUT2D eigenvalue weighted by Crippen LogP contribution is -2.30. The van der Waals surface area contributed by atoms with Crippen LogP contribution in [0.5, 0.6) is 0 Å². The Morgan fingerprint density at radius 2 is 1.81 bits per heavy atom. The molecule has 0 saturated carbocycles. The van der Waals surface area contributed by atoms with Crippen LogP contribution in [0.3, 0.4) is 0 Å². The van der Waals surface area contributed by atoms with Gasteiger partial charge in [0.1, 0.15) is 0 Å². The topological polar surface area (TPSA) is 42.1 Å². The van der Waals surface area contributed by atoms with Crippen LogP contribution in [0, 0.1) is 0 Å². The first-order chi connectivity index (χ1) is 10.1. The van der Waals surface area contributed by atoms with Gasteiger partial charge in [-0.15, -0.1) is 0 Å². The molecule has 2 N–H and O–H groups in total. The van der Waals surface area contributed by atoms with Gasteiger partial charge in [0.05, 0.1) is 17.6 Å². The van der Waals surface area contributed by atoms with Crippen LogP contribution in [0.1, 0.15) is 44.5 Å². The van der Waals surface area contributed by atoms with Gasteiger partial charge < -0.3 is 10.6 Å². The molecule has 0 radical (unpaired) electrons. The fraction of sp³-hybridized carbons (Fsp3) is 0.389. The molecule has 1 aromatic carbocycles. The van der Waals surface area contributed by atoms with Crippen molar-refractivity contribution in [2.75, 3.05) is 4.90 Å². The van der Waals surface area contributed by atoms with E-state index in [4.69, 9.17) is 5.73 Å². The first kappa shape index (κ1) is 15.5. The van der Waals surface area contributed by atoms with Crippen LogP contribution in [0.25, 0.3) is 0 Å². The van der Waals surface area contributed by atoms with E-state index in [1.54, 1.807) is 0 Å². The van der Waals surface area contributed by atoms with Crippen LogP contribution in [0.4, 0.5) is 5.69 Å². The Labute approximate surface area is 127 Å². The van der Waals surface area contributed by atoms with Crippen molar-refractivity contribution in [3.8, 4) is 0 Å². The minimum atomic E-state index is 0.0284. The summed E-state index contributed by atoms with van der Waals surface area (Å²) in [5.41, 5.74) is 9.44. The molecule has 0 saturated heterocycles. The van der Waals surface area contributed by atoms with Crippen molar-refractivity contribution in [2.45, 2.75) is 45.8 Å². The Kier molecular flexibility index (Phi) is 5.34. The molecule has 0 amide bonds. The van der Waals surface area contributed by atoms with Crippen molar-refractivity contribution in [3.63, 3.8) is 0 Å². The maximum atomic E-state index is 6.03. The van der Waals surface area contributed by atoms with Gasteiger partial charge in [0.2, 0.25) is 0 Å². The molecular formula is C18H25N3. The fourth-order valence-corrected chi connectivity index (χ4v) is 2.35. The van der Waals surface area contributed by atoms with Crippen molar-refractivity contribution < 1.29 is 0 Å². The third-order valence-corrected chi connectivity index (χ3v) is 3.74. The SMILES string of the molecule is CCC(N)c1ccc(N(Cc2ccccc2)C(C)C)cn1. The second kappa shape index (κ2) is 7.23. The Hall–Kier alpha value is -1.87. The Bertz CT molecular complexity index is 534. The number of hydrogen-bond acceptors (Lipinski definition) is 3. The van der Waals surface area contributed by atoms with Crippen LogP contribution >= 0.6 is 0 Å². The molecule has 0 spiro atoms. The molecule has 0 aliphatic rings. The number of rotatable bonds is 6. The van der Waals surface area contributed by atoms with E-state index in [2.05, 4.69) is 61.0 Å². The number of anilines is 1. The highest BCUT2D eigenvalue weighted by atomic mass is 15.2. The van der Waals surface area contributed by atoms with Crippen molar-refractivity contribution in [3.05, 3.63) is 59.9 Å². The summed E-state index contributed by atoms with van der Waals surface area (Å²) in [6.45, 7) is 7.37. The summed E-state index contributed by atoms with van der Waals surface area (Å²) < 4.78 is 0. The molecule has 1 unspecified atom stereocenters. The van der Waals surface area contributed by atoms with Crippen molar-refractivity contribution in [1.29, 1.82) is 0 Å². The first-order valence-corrected chi connectivity index (χ1v) is 7.64. The lowest BCUT2D eigenvalue weighted by Gasteiger charge is -2.29. The second-order valence-electron chi connectivity index (χ2n) is 5.66. The highest BCUT2D eigenvalue weighted by molar-refractivity contribution is 5.46. The highest BCUT2D eigenvalue weighted by Gasteiger charge is 2.12. The van der Waals surface area contributed by atoms with E-state index < -0.39 is 0 Å². The van der Waals surface area contributed by atoms with Gasteiger partial charge in [0.25, 0.3) is 0 Å². The van der Waals surface area contributed by atoms with E-state index in [0.29, 0.717) is 6.04 Å². The van der Waals surface area contributed by atoms with Crippen molar-refractivity contribution in [1.82, 2.24) is 4.98 Å². The molecule has 3 nitrogen and oxygen atoms in total. The first-order valence-electron chi connectivity index (χ1n) is 7.64. The monoisotopic (exact) mass is 283 g/mol. The molecule has 0 aliphatic carbocycles. The molecule has 0 fully saturated rings. The molecule has 0 aliphatic heterocycles. The lowest BCUT2D eigenvalue weighted by molar-refractivity contribution is 0.665. The summed E-state index contributed by atoms with van der Waals surface area (Å²) in [6, 6.07) is 15.1. The molecule has 0 bridgehead atoms. The summed E-state index contributed by atoms with van der Waals surface area (Å²) in [5.74, 6) is 0. The van der Waals surface area contributed by atoms with E-state index in [0.717, 1.165) is 24.3 Å². The molecule has 1 atom stereocenters. The number of nitrogens with two attached hydrogens (primary N) is 1. The standard InChI is InChI=1S/C18H25N3/c1-4-17(19)18-11-10-16(12-20-18)21(14(2)3)13-15-8-6-5-7-9-15/h5-12,14,17H,4,13,19H2,1-3H3. The van der Waals surface area contributed by atoms with E-state index in [1.807, 2.05) is 18.3 Å². The summed E-state index contributed by atoms with van der Waals surface area (Å²) in [4.78, 5) is 6.88. The van der Waals surface area contributed by atoms with Gasteiger partial charge in [-0.25, -0.2) is 0 Å². The van der Waals surface area contributed by atoms with E-state index in [-0.39, 0.29) is 6.04 Å². The molecule has 21 heavy (non-hydrogen) atoms. The summed E-state index contributed by atoms with van der Waals surface area (Å²) >= 11 is 0. The van der Waals surface area contributed by atoms with Crippen molar-refractivity contribution in [2.24, 2.45) is 5.73 Å². The van der Waals surface area contributed by atoms with Gasteiger partial charge >= 0.3 is 0 Å². The number of benzene rings is 1. The van der Waals surface area contributed by atoms with Gasteiger partial charge in [-0.05, 0) is 38.0 Å². The highest BCUT2D eigenvalue weighted by Crippen LogP contribution is 2.21. The van der Waals surface area contributed by atoms with Crippen molar-refractivity contribution >= 4 is 5.69 Å². The van der Waals surface area contributed by atoms with Gasteiger partial charge in [-0.2, -0.15) is 0 Å². The molecule has 1 heterocycles. The third-order valence-electron chi connectivity index (χ3n) is 3.74. The molecule has 3 heteroatoms. The minimum absolute atomic E-state index is 0.0284. The number of nitrogens with zero attached hydrogens (tertiary/aromatic N) is 2. The van der Waals surface area contributed by atoms with Crippen LogP contribution in [0.15, 0.2) is 48.7 Å². The van der Waals surface area contributed by atoms with Crippen LogP contribution in [-0.2, 0) is 6.54 Å². The molecular weight excluding hydrogens is 258 g/mol. The molecule has 1 aromatic heterocycles. The zero-order valence-corrected chi connectivity index (χ0v) is 13.2. The maximum absolute atomic E-state index is 6.03. The van der Waals surface area contributed by atoms with Crippen LogP contribution in [-0.4, -0.2) is 11.0 Å². The fourth-order valence-electron chi connectivity index (χ4n) is 2.35. The van der Waals surface area contributed by atoms with Gasteiger partial charge in [-0.1, -0.05) is 37.3 Å². The number of aromatic nitrogens is 1. The molecule has 2 aromatic rings. The zero-order chi connectivity index (χ0) is 15.2. The maximum Gasteiger partial charge on any atom is 0.0572 e. The Morgan fingerprint density at radius 1 is 1.10 bits per heavy atom. The lowest BCUT2D eigenvalue weighted by atomic mass is 10.1. The number of pyridine rings is 1. The largest absolute Gasteiger partial charge is 0.364 e. The molecule has 112 valence electrons. The van der Waals surface area contributed by atoms with Gasteiger partial charge in [0, 0.05) is 18.6 Å². The average molecular weight is 283 g/mol. The van der Waals surface area contributed by atoms with Gasteiger partial charge in [-0.3, -0.25) is 4.98 Å². The average Bonchev–Trinajstić information content (AvgIpc) is 2.53. The third kappa shape index (κ3) is 4.05.